The summed E-state index contributed by atoms with van der Waals surface area (Å²) in [7, 11) is 0. The molecule has 1 aliphatic heterocycles. The second-order valence-corrected chi connectivity index (χ2v) is 6.97. The monoisotopic (exact) mass is 324 g/mol. The van der Waals surface area contributed by atoms with E-state index in [-0.39, 0.29) is 6.10 Å². The number of halogens is 1. The minimum atomic E-state index is -0.225. The van der Waals surface area contributed by atoms with Gasteiger partial charge in [-0.1, -0.05) is 44.0 Å². The quantitative estimate of drug-likeness (QED) is 0.808. The van der Waals surface area contributed by atoms with E-state index >= 15 is 0 Å². The number of aliphatic hydroxyl groups excluding tert-OH is 1. The molecule has 1 fully saturated rings. The van der Waals surface area contributed by atoms with Gasteiger partial charge in [-0.25, -0.2) is 0 Å². The van der Waals surface area contributed by atoms with Crippen molar-refractivity contribution >= 4 is 11.6 Å². The summed E-state index contributed by atoms with van der Waals surface area (Å²) in [5.41, 5.74) is 1.32. The van der Waals surface area contributed by atoms with Crippen LogP contribution in [0.1, 0.15) is 38.7 Å². The molecule has 1 aromatic carbocycles. The molecule has 22 heavy (non-hydrogen) atoms. The molecule has 0 amide bonds. The summed E-state index contributed by atoms with van der Waals surface area (Å²) in [5.74, 6) is 0.373. The van der Waals surface area contributed by atoms with Gasteiger partial charge in [0.25, 0.3) is 0 Å². The number of likely N-dealkylation sites (tertiary alicyclic amines) is 1. The van der Waals surface area contributed by atoms with E-state index in [0.29, 0.717) is 12.0 Å². The Morgan fingerprint density at radius 1 is 1.27 bits per heavy atom. The normalized spacial score (nSPS) is 20.0. The molecule has 0 bridgehead atoms. The van der Waals surface area contributed by atoms with Gasteiger partial charge < -0.3 is 10.4 Å². The van der Waals surface area contributed by atoms with E-state index < -0.39 is 0 Å². The fourth-order valence-electron chi connectivity index (χ4n) is 2.90. The van der Waals surface area contributed by atoms with Crippen LogP contribution in [0.5, 0.6) is 0 Å². The van der Waals surface area contributed by atoms with Crippen molar-refractivity contribution in [3.8, 4) is 0 Å². The lowest BCUT2D eigenvalue weighted by atomic mass is 10.00. The summed E-state index contributed by atoms with van der Waals surface area (Å²) in [5, 5.41) is 14.4. The summed E-state index contributed by atoms with van der Waals surface area (Å²) in [6, 6.07) is 8.67. The van der Waals surface area contributed by atoms with E-state index in [2.05, 4.69) is 36.2 Å². The summed E-state index contributed by atoms with van der Waals surface area (Å²) < 4.78 is 0. The first kappa shape index (κ1) is 17.7. The first-order valence-corrected chi connectivity index (χ1v) is 8.84. The molecule has 3 nitrogen and oxygen atoms in total. The highest BCUT2D eigenvalue weighted by Gasteiger charge is 2.20. The zero-order valence-electron chi connectivity index (χ0n) is 13.8. The predicted molar refractivity (Wildman–Crippen MR) is 93.2 cm³/mol. The smallest absolute Gasteiger partial charge is 0.0690 e. The number of nitrogens with one attached hydrogen (secondary N) is 1. The number of piperidine rings is 1. The highest BCUT2D eigenvalue weighted by molar-refractivity contribution is 6.30. The second-order valence-electron chi connectivity index (χ2n) is 6.54. The maximum atomic E-state index is 10.0. The third-order valence-corrected chi connectivity index (χ3v) is 5.08. The van der Waals surface area contributed by atoms with Crippen LogP contribution in [0, 0.1) is 5.92 Å². The van der Waals surface area contributed by atoms with E-state index in [1.54, 1.807) is 0 Å². The Bertz CT molecular complexity index is 429. The van der Waals surface area contributed by atoms with E-state index in [9.17, 15) is 5.11 Å². The maximum absolute atomic E-state index is 10.0. The molecule has 1 aliphatic rings. The number of nitrogens with zero attached hydrogens (tertiary/aromatic N) is 1. The molecule has 1 heterocycles. The molecule has 124 valence electrons. The number of hydrogen-bond donors (Lipinski definition) is 2. The van der Waals surface area contributed by atoms with Crippen LogP contribution in [-0.4, -0.2) is 41.8 Å². The van der Waals surface area contributed by atoms with Crippen molar-refractivity contribution in [3.05, 3.63) is 34.9 Å². The van der Waals surface area contributed by atoms with Gasteiger partial charge in [-0.15, -0.1) is 0 Å². The molecule has 0 aromatic heterocycles. The molecule has 1 aromatic rings. The number of hydrogen-bond acceptors (Lipinski definition) is 3. The van der Waals surface area contributed by atoms with Gasteiger partial charge >= 0.3 is 0 Å². The van der Waals surface area contributed by atoms with Crippen molar-refractivity contribution in [3.63, 3.8) is 0 Å². The van der Waals surface area contributed by atoms with Gasteiger partial charge in [0.2, 0.25) is 0 Å². The van der Waals surface area contributed by atoms with Crippen molar-refractivity contribution < 1.29 is 5.11 Å². The van der Waals surface area contributed by atoms with Gasteiger partial charge in [-0.2, -0.15) is 0 Å². The summed E-state index contributed by atoms with van der Waals surface area (Å²) in [4.78, 5) is 2.49. The van der Waals surface area contributed by atoms with Crippen LogP contribution in [0.3, 0.4) is 0 Å². The molecule has 2 rings (SSSR count). The van der Waals surface area contributed by atoms with Gasteiger partial charge in [0, 0.05) is 24.2 Å². The SMILES string of the molecule is CCC(C)C(O)CNC1CCN(Cc2ccc(Cl)cc2)CC1. The highest BCUT2D eigenvalue weighted by atomic mass is 35.5. The average Bonchev–Trinajstić information content (AvgIpc) is 2.55. The van der Waals surface area contributed by atoms with Crippen molar-refractivity contribution in [2.75, 3.05) is 19.6 Å². The lowest BCUT2D eigenvalue weighted by Gasteiger charge is -2.33. The van der Waals surface area contributed by atoms with Crippen molar-refractivity contribution in [1.82, 2.24) is 10.2 Å². The fourth-order valence-corrected chi connectivity index (χ4v) is 3.03. The number of aliphatic hydroxyl groups is 1. The van der Waals surface area contributed by atoms with Crippen LogP contribution in [0.25, 0.3) is 0 Å². The predicted octanol–water partition coefficient (Wildman–Crippen LogP) is 3.30. The van der Waals surface area contributed by atoms with Crippen molar-refractivity contribution in [1.29, 1.82) is 0 Å². The molecule has 0 radical (unpaired) electrons. The van der Waals surface area contributed by atoms with Crippen LogP contribution in [0.15, 0.2) is 24.3 Å². The number of rotatable bonds is 7. The summed E-state index contributed by atoms with van der Waals surface area (Å²) in [6.45, 7) is 8.18. The Labute approximate surface area is 139 Å². The fraction of sp³-hybridized carbons (Fsp3) is 0.667. The molecule has 4 heteroatoms. The van der Waals surface area contributed by atoms with Gasteiger partial charge in [0.05, 0.1) is 6.10 Å². The van der Waals surface area contributed by atoms with E-state index in [4.69, 9.17) is 11.6 Å². The van der Waals surface area contributed by atoms with Crippen LogP contribution in [0.2, 0.25) is 5.02 Å². The standard InChI is InChI=1S/C18H29ClN2O/c1-3-14(2)18(22)12-20-17-8-10-21(11-9-17)13-15-4-6-16(19)7-5-15/h4-7,14,17-18,20,22H,3,8-13H2,1-2H3. The molecular formula is C18H29ClN2O. The topological polar surface area (TPSA) is 35.5 Å². The minimum Gasteiger partial charge on any atom is -0.392 e. The lowest BCUT2D eigenvalue weighted by Crippen LogP contribution is -2.45. The van der Waals surface area contributed by atoms with Gasteiger partial charge in [-0.05, 0) is 49.5 Å². The molecule has 2 atom stereocenters. The number of benzene rings is 1. The average molecular weight is 325 g/mol. The molecular weight excluding hydrogens is 296 g/mol. The zero-order valence-corrected chi connectivity index (χ0v) is 14.5. The second kappa shape index (κ2) is 8.88. The van der Waals surface area contributed by atoms with Crippen molar-refractivity contribution in [2.45, 2.75) is 51.8 Å². The Morgan fingerprint density at radius 3 is 2.50 bits per heavy atom. The molecule has 0 saturated carbocycles. The van der Waals surface area contributed by atoms with Crippen LogP contribution < -0.4 is 5.32 Å². The van der Waals surface area contributed by atoms with Crippen LogP contribution in [0.4, 0.5) is 0 Å². The Balaban J connectivity index is 1.68. The molecule has 2 N–H and O–H groups in total. The molecule has 0 spiro atoms. The Kier molecular flexibility index (Phi) is 7.16. The Hall–Kier alpha value is -0.610. The van der Waals surface area contributed by atoms with E-state index in [1.165, 1.54) is 5.56 Å². The molecule has 2 unspecified atom stereocenters. The molecule has 1 saturated heterocycles. The first-order chi connectivity index (χ1) is 10.6. The summed E-state index contributed by atoms with van der Waals surface area (Å²) in [6.07, 6.45) is 3.11. The first-order valence-electron chi connectivity index (χ1n) is 8.46. The minimum absolute atomic E-state index is 0.225. The van der Waals surface area contributed by atoms with E-state index in [0.717, 1.165) is 50.5 Å². The van der Waals surface area contributed by atoms with E-state index in [1.807, 2.05) is 12.1 Å². The third kappa shape index (κ3) is 5.54. The van der Waals surface area contributed by atoms with Crippen LogP contribution in [-0.2, 0) is 6.54 Å². The van der Waals surface area contributed by atoms with Crippen molar-refractivity contribution in [2.24, 2.45) is 5.92 Å². The zero-order chi connectivity index (χ0) is 15.9. The maximum Gasteiger partial charge on any atom is 0.0690 e. The third-order valence-electron chi connectivity index (χ3n) is 4.82. The lowest BCUT2D eigenvalue weighted by molar-refractivity contribution is 0.102. The van der Waals surface area contributed by atoms with Gasteiger partial charge in [0.15, 0.2) is 0 Å². The Morgan fingerprint density at radius 2 is 1.91 bits per heavy atom. The largest absolute Gasteiger partial charge is 0.392 e. The molecule has 0 aliphatic carbocycles. The van der Waals surface area contributed by atoms with Gasteiger partial charge in [-0.3, -0.25) is 4.90 Å². The summed E-state index contributed by atoms with van der Waals surface area (Å²) >= 11 is 5.92. The van der Waals surface area contributed by atoms with Gasteiger partial charge in [0.1, 0.15) is 0 Å². The van der Waals surface area contributed by atoms with Crippen LogP contribution >= 0.6 is 11.6 Å². The highest BCUT2D eigenvalue weighted by Crippen LogP contribution is 2.16.